The Balaban J connectivity index is 2.34. The highest BCUT2D eigenvalue weighted by molar-refractivity contribution is 9.10. The minimum Gasteiger partial charge on any atom is -0.439 e. The van der Waals surface area contributed by atoms with Gasteiger partial charge in [0.1, 0.15) is 17.4 Å². The van der Waals surface area contributed by atoms with E-state index in [0.717, 1.165) is 0 Å². The molecule has 4 nitrogen and oxygen atoms in total. The molecule has 1 aromatic carbocycles. The lowest BCUT2D eigenvalue weighted by Crippen LogP contribution is -2.08. The summed E-state index contributed by atoms with van der Waals surface area (Å²) in [6.45, 7) is 1.63. The third-order valence-electron chi connectivity index (χ3n) is 1.90. The molecule has 0 fully saturated rings. The molecular weight excluding hydrogens is 291 g/mol. The number of ether oxygens (including phenoxy) is 1. The molecular formula is C11H8BrFN2O2. The molecule has 1 heterocycles. The Morgan fingerprint density at radius 1 is 1.35 bits per heavy atom. The van der Waals surface area contributed by atoms with Crippen LogP contribution in [-0.4, -0.2) is 9.97 Å². The number of rotatable bonds is 2. The first-order chi connectivity index (χ1) is 8.02. The Bertz CT molecular complexity index is 592. The summed E-state index contributed by atoms with van der Waals surface area (Å²) in [5.74, 6) is 0.400. The van der Waals surface area contributed by atoms with Gasteiger partial charge in [-0.3, -0.25) is 4.79 Å². The van der Waals surface area contributed by atoms with Gasteiger partial charge in [0.25, 0.3) is 5.56 Å². The van der Waals surface area contributed by atoms with Crippen LogP contribution >= 0.6 is 15.9 Å². The quantitative estimate of drug-likeness (QED) is 0.927. The topological polar surface area (TPSA) is 55.0 Å². The van der Waals surface area contributed by atoms with E-state index in [2.05, 4.69) is 25.9 Å². The van der Waals surface area contributed by atoms with Gasteiger partial charge in [-0.05, 0) is 19.1 Å². The van der Waals surface area contributed by atoms with Gasteiger partial charge in [0, 0.05) is 10.5 Å². The Labute approximate surface area is 105 Å². The van der Waals surface area contributed by atoms with E-state index in [9.17, 15) is 9.18 Å². The van der Waals surface area contributed by atoms with Crippen molar-refractivity contribution in [2.75, 3.05) is 0 Å². The van der Waals surface area contributed by atoms with E-state index in [1.54, 1.807) is 13.0 Å². The third kappa shape index (κ3) is 3.13. The van der Waals surface area contributed by atoms with E-state index in [0.29, 0.717) is 10.3 Å². The van der Waals surface area contributed by atoms with Crippen LogP contribution in [-0.2, 0) is 0 Å². The lowest BCUT2D eigenvalue weighted by molar-refractivity contribution is 0.454. The summed E-state index contributed by atoms with van der Waals surface area (Å²) in [4.78, 5) is 17.6. The van der Waals surface area contributed by atoms with Crippen molar-refractivity contribution in [1.82, 2.24) is 9.97 Å². The summed E-state index contributed by atoms with van der Waals surface area (Å²) in [5.41, 5.74) is -0.317. The molecule has 0 atom stereocenters. The van der Waals surface area contributed by atoms with Crippen LogP contribution in [0, 0.1) is 12.7 Å². The highest BCUT2D eigenvalue weighted by atomic mass is 79.9. The summed E-state index contributed by atoms with van der Waals surface area (Å²) in [7, 11) is 0. The zero-order valence-corrected chi connectivity index (χ0v) is 10.4. The van der Waals surface area contributed by atoms with Gasteiger partial charge in [-0.15, -0.1) is 0 Å². The van der Waals surface area contributed by atoms with Crippen molar-refractivity contribution in [3.63, 3.8) is 0 Å². The van der Waals surface area contributed by atoms with Crippen LogP contribution in [0.1, 0.15) is 5.82 Å². The van der Waals surface area contributed by atoms with Crippen molar-refractivity contribution in [3.8, 4) is 11.6 Å². The van der Waals surface area contributed by atoms with Crippen LogP contribution in [0.4, 0.5) is 4.39 Å². The number of hydrogen-bond acceptors (Lipinski definition) is 3. The van der Waals surface area contributed by atoms with Crippen molar-refractivity contribution in [2.24, 2.45) is 0 Å². The maximum Gasteiger partial charge on any atom is 0.254 e. The van der Waals surface area contributed by atoms with Gasteiger partial charge in [-0.25, -0.2) is 9.37 Å². The molecule has 0 radical (unpaired) electrons. The SMILES string of the molecule is Cc1nc(Oc2cc(F)cc(Br)c2)cc(=O)[nH]1. The van der Waals surface area contributed by atoms with E-state index in [1.807, 2.05) is 0 Å². The second-order valence-electron chi connectivity index (χ2n) is 3.38. The van der Waals surface area contributed by atoms with Gasteiger partial charge in [0.2, 0.25) is 5.88 Å². The minimum atomic E-state index is -0.434. The van der Waals surface area contributed by atoms with Gasteiger partial charge in [-0.2, -0.15) is 0 Å². The van der Waals surface area contributed by atoms with Crippen LogP contribution in [0.3, 0.4) is 0 Å². The Hall–Kier alpha value is -1.69. The van der Waals surface area contributed by atoms with Crippen LogP contribution in [0.2, 0.25) is 0 Å². The maximum absolute atomic E-state index is 13.1. The Kier molecular flexibility index (Phi) is 3.23. The fourth-order valence-corrected chi connectivity index (χ4v) is 1.76. The molecule has 0 aliphatic heterocycles. The average molecular weight is 299 g/mol. The predicted molar refractivity (Wildman–Crippen MR) is 63.8 cm³/mol. The summed E-state index contributed by atoms with van der Waals surface area (Å²) in [6, 6.07) is 5.30. The molecule has 1 aromatic heterocycles. The van der Waals surface area contributed by atoms with Crippen molar-refractivity contribution in [1.29, 1.82) is 0 Å². The molecule has 6 heteroatoms. The van der Waals surface area contributed by atoms with Gasteiger partial charge < -0.3 is 9.72 Å². The summed E-state index contributed by atoms with van der Waals surface area (Å²) in [6.07, 6.45) is 0. The fourth-order valence-electron chi connectivity index (χ4n) is 1.31. The second kappa shape index (κ2) is 4.67. The second-order valence-corrected chi connectivity index (χ2v) is 4.29. The molecule has 0 saturated heterocycles. The molecule has 0 aliphatic carbocycles. The van der Waals surface area contributed by atoms with Crippen molar-refractivity contribution < 1.29 is 9.13 Å². The number of aromatic amines is 1. The molecule has 0 spiro atoms. The number of halogens is 2. The summed E-state index contributed by atoms with van der Waals surface area (Å²) >= 11 is 3.15. The average Bonchev–Trinajstić information content (AvgIpc) is 2.13. The van der Waals surface area contributed by atoms with E-state index in [1.165, 1.54) is 18.2 Å². The third-order valence-corrected chi connectivity index (χ3v) is 2.35. The van der Waals surface area contributed by atoms with Gasteiger partial charge in [-0.1, -0.05) is 15.9 Å². The minimum absolute atomic E-state index is 0.128. The molecule has 88 valence electrons. The highest BCUT2D eigenvalue weighted by Gasteiger charge is 2.04. The molecule has 2 rings (SSSR count). The van der Waals surface area contributed by atoms with E-state index < -0.39 is 5.82 Å². The number of nitrogens with one attached hydrogen (secondary N) is 1. The van der Waals surface area contributed by atoms with E-state index in [4.69, 9.17) is 4.74 Å². The molecule has 2 aromatic rings. The maximum atomic E-state index is 13.1. The van der Waals surface area contributed by atoms with Crippen LogP contribution in [0.5, 0.6) is 11.6 Å². The van der Waals surface area contributed by atoms with Crippen LogP contribution in [0.25, 0.3) is 0 Å². The zero-order valence-electron chi connectivity index (χ0n) is 8.83. The smallest absolute Gasteiger partial charge is 0.254 e. The largest absolute Gasteiger partial charge is 0.439 e. The van der Waals surface area contributed by atoms with E-state index >= 15 is 0 Å². The number of hydrogen-bond donors (Lipinski definition) is 1. The van der Waals surface area contributed by atoms with E-state index in [-0.39, 0.29) is 17.2 Å². The molecule has 0 unspecified atom stereocenters. The molecule has 0 bridgehead atoms. The van der Waals surface area contributed by atoms with Crippen molar-refractivity contribution in [3.05, 3.63) is 50.7 Å². The number of benzene rings is 1. The van der Waals surface area contributed by atoms with Crippen molar-refractivity contribution in [2.45, 2.75) is 6.92 Å². The molecule has 1 N–H and O–H groups in total. The van der Waals surface area contributed by atoms with Gasteiger partial charge >= 0.3 is 0 Å². The first kappa shape index (κ1) is 11.8. The Morgan fingerprint density at radius 3 is 2.76 bits per heavy atom. The summed E-state index contributed by atoms with van der Waals surface area (Å²) < 4.78 is 18.9. The first-order valence-electron chi connectivity index (χ1n) is 4.75. The van der Waals surface area contributed by atoms with Gasteiger partial charge in [0.15, 0.2) is 0 Å². The molecule has 0 saturated carbocycles. The van der Waals surface area contributed by atoms with Gasteiger partial charge in [0.05, 0.1) is 6.07 Å². The van der Waals surface area contributed by atoms with Crippen molar-refractivity contribution >= 4 is 15.9 Å². The Morgan fingerprint density at radius 2 is 2.12 bits per heavy atom. The molecule has 17 heavy (non-hydrogen) atoms. The first-order valence-corrected chi connectivity index (χ1v) is 5.54. The number of aromatic nitrogens is 2. The van der Waals surface area contributed by atoms with Crippen LogP contribution in [0.15, 0.2) is 33.5 Å². The molecule has 0 amide bonds. The zero-order chi connectivity index (χ0) is 12.4. The monoisotopic (exact) mass is 298 g/mol. The lowest BCUT2D eigenvalue weighted by atomic mass is 10.3. The van der Waals surface area contributed by atoms with Crippen LogP contribution < -0.4 is 10.3 Å². The number of H-pyrrole nitrogens is 1. The number of aryl methyl sites for hydroxylation is 1. The highest BCUT2D eigenvalue weighted by Crippen LogP contribution is 2.24. The standard InChI is InChI=1S/C11H8BrFN2O2/c1-6-14-10(16)5-11(15-6)17-9-3-7(12)2-8(13)4-9/h2-5H,1H3,(H,14,15,16). The number of nitrogens with zero attached hydrogens (tertiary/aromatic N) is 1. The lowest BCUT2D eigenvalue weighted by Gasteiger charge is -2.05. The fraction of sp³-hybridized carbons (Fsp3) is 0.0909. The summed E-state index contributed by atoms with van der Waals surface area (Å²) in [5, 5.41) is 0. The predicted octanol–water partition coefficient (Wildman–Crippen LogP) is 2.77. The molecule has 0 aliphatic rings. The normalized spacial score (nSPS) is 10.3.